The normalized spacial score (nSPS) is 12.9. The van der Waals surface area contributed by atoms with Gasteiger partial charge < -0.3 is 25.1 Å². The zero-order chi connectivity index (χ0) is 30.5. The zero-order valence-corrected chi connectivity index (χ0v) is 24.7. The first-order valence-corrected chi connectivity index (χ1v) is 14.2. The van der Waals surface area contributed by atoms with Gasteiger partial charge in [0.05, 0.1) is 29.1 Å². The molecule has 3 rings (SSSR count). The van der Waals surface area contributed by atoms with Crippen molar-refractivity contribution in [1.29, 1.82) is 0 Å². The van der Waals surface area contributed by atoms with Crippen LogP contribution in [0.5, 0.6) is 5.75 Å². The van der Waals surface area contributed by atoms with Crippen LogP contribution in [0.25, 0.3) is 22.6 Å². The predicted octanol–water partition coefficient (Wildman–Crippen LogP) is 4.28. The first kappa shape index (κ1) is 31.7. The summed E-state index contributed by atoms with van der Waals surface area (Å²) in [4.78, 5) is 28.0. The zero-order valence-electron chi connectivity index (χ0n) is 23.9. The van der Waals surface area contributed by atoms with Crippen molar-refractivity contribution in [2.75, 3.05) is 19.0 Å². The Labute approximate surface area is 237 Å². The Balaban J connectivity index is 2.12. The van der Waals surface area contributed by atoms with Gasteiger partial charge in [0.15, 0.2) is 0 Å². The molecule has 0 unspecified atom stereocenters. The first-order chi connectivity index (χ1) is 19.1. The molecule has 1 amide bonds. The number of sulfonamides is 1. The molecule has 0 spiro atoms. The van der Waals surface area contributed by atoms with Gasteiger partial charge in [-0.2, -0.15) is 8.78 Å². The Kier molecular flexibility index (Phi) is 9.86. The number of carbonyl (C=O) groups excluding carboxylic acids is 1. The molecule has 0 radical (unpaired) electrons. The third kappa shape index (κ3) is 8.57. The highest BCUT2D eigenvalue weighted by Gasteiger charge is 2.26. The van der Waals surface area contributed by atoms with Gasteiger partial charge in [-0.25, -0.2) is 32.9 Å². The van der Waals surface area contributed by atoms with Crippen LogP contribution >= 0.6 is 0 Å². The largest absolute Gasteiger partial charge is 0.453 e. The lowest BCUT2D eigenvalue weighted by molar-refractivity contribution is -0.0499. The van der Waals surface area contributed by atoms with Gasteiger partial charge in [0, 0.05) is 41.9 Å². The van der Waals surface area contributed by atoms with Gasteiger partial charge >= 0.3 is 12.7 Å². The van der Waals surface area contributed by atoms with Crippen molar-refractivity contribution < 1.29 is 31.5 Å². The van der Waals surface area contributed by atoms with Crippen molar-refractivity contribution in [2.45, 2.75) is 70.5 Å². The molecule has 0 fully saturated rings. The topological polar surface area (TPSA) is 160 Å². The van der Waals surface area contributed by atoms with E-state index in [2.05, 4.69) is 39.8 Å². The van der Waals surface area contributed by atoms with Gasteiger partial charge in [-0.1, -0.05) is 20.8 Å². The van der Waals surface area contributed by atoms with Crippen LogP contribution in [0.15, 0.2) is 35.4 Å². The molecule has 41 heavy (non-hydrogen) atoms. The Morgan fingerprint density at radius 2 is 1.83 bits per heavy atom. The number of alkyl halides is 2. The molecule has 1 atom stereocenters. The maximum Gasteiger partial charge on any atom is 0.407 e. The number of hydrogen-bond acceptors (Lipinski definition) is 9. The molecule has 0 bridgehead atoms. The number of amides is 1. The second-order valence-electron chi connectivity index (χ2n) is 10.6. The monoisotopic (exact) mass is 595 g/mol. The first-order valence-electron chi connectivity index (χ1n) is 12.7. The molecule has 3 aromatic rings. The fourth-order valence-corrected chi connectivity index (χ4v) is 4.98. The van der Waals surface area contributed by atoms with Crippen LogP contribution in [-0.2, 0) is 20.2 Å². The van der Waals surface area contributed by atoms with E-state index in [4.69, 9.17) is 4.98 Å². The lowest BCUT2D eigenvalue weighted by atomic mass is 9.96. The van der Waals surface area contributed by atoms with E-state index >= 15 is 0 Å². The van der Waals surface area contributed by atoms with E-state index < -0.39 is 34.2 Å². The highest BCUT2D eigenvalue weighted by atomic mass is 32.2. The molecular formula is C26H35F2N7O5S. The molecule has 2 heterocycles. The number of nitrogens with zero attached hydrogens (tertiary/aromatic N) is 3. The molecule has 12 nitrogen and oxygen atoms in total. The Morgan fingerprint density at radius 3 is 2.44 bits per heavy atom. The molecular weight excluding hydrogens is 560 g/mol. The fourth-order valence-electron chi connectivity index (χ4n) is 3.67. The van der Waals surface area contributed by atoms with Crippen LogP contribution in [-0.4, -0.2) is 66.8 Å². The average molecular weight is 596 g/mol. The maximum atomic E-state index is 13.2. The number of hydrogen-bond donors (Lipinski definition) is 4. The average Bonchev–Trinajstić information content (AvgIpc) is 3.33. The van der Waals surface area contributed by atoms with E-state index in [1.165, 1.54) is 25.4 Å². The minimum Gasteiger partial charge on any atom is -0.453 e. The number of benzene rings is 1. The summed E-state index contributed by atoms with van der Waals surface area (Å²) in [5.41, 5.74) is 0.856. The third-order valence-electron chi connectivity index (χ3n) is 5.52. The number of methoxy groups -OCH3 is 1. The summed E-state index contributed by atoms with van der Waals surface area (Å²) < 4.78 is 64.1. The molecule has 0 aliphatic heterocycles. The van der Waals surface area contributed by atoms with Crippen LogP contribution in [0, 0.1) is 0 Å². The Morgan fingerprint density at radius 1 is 1.12 bits per heavy atom. The van der Waals surface area contributed by atoms with E-state index in [1.807, 2.05) is 20.8 Å². The molecule has 4 N–H and O–H groups in total. The highest BCUT2D eigenvalue weighted by Crippen LogP contribution is 2.36. The van der Waals surface area contributed by atoms with Crippen LogP contribution in [0.3, 0.4) is 0 Å². The van der Waals surface area contributed by atoms with E-state index in [0.29, 0.717) is 23.8 Å². The van der Waals surface area contributed by atoms with Crippen LogP contribution in [0.2, 0.25) is 0 Å². The summed E-state index contributed by atoms with van der Waals surface area (Å²) in [6, 6.07) is 4.56. The van der Waals surface area contributed by atoms with E-state index in [1.54, 1.807) is 26.8 Å². The van der Waals surface area contributed by atoms with Crippen LogP contribution in [0.4, 0.5) is 19.5 Å². The van der Waals surface area contributed by atoms with Crippen molar-refractivity contribution in [2.24, 2.45) is 0 Å². The molecule has 0 saturated heterocycles. The van der Waals surface area contributed by atoms with Crippen molar-refractivity contribution in [1.82, 2.24) is 30.0 Å². The van der Waals surface area contributed by atoms with Gasteiger partial charge in [-0.3, -0.25) is 0 Å². The standard InChI is InChI=1S/C26H35F2N7O5S/c1-14(2)35-41(37,38)18-11-16(10-17(12-18)40-23(27)28)20-21(34-22(33-20)26(4,5)6)19-8-9-29-24(32-19)30-13-15(3)31-25(36)39-7/h8-12,14-15,23,35H,13H2,1-7H3,(H,31,36)(H,33,34)(H,29,30,32)/t15-/m0/s1. The Bertz CT molecular complexity index is 1470. The number of nitrogens with one attached hydrogen (secondary N) is 4. The minimum atomic E-state index is -4.07. The van der Waals surface area contributed by atoms with Crippen LogP contribution in [0.1, 0.15) is 47.4 Å². The number of aromatic amines is 1. The number of ether oxygens (including phenoxy) is 2. The van der Waals surface area contributed by atoms with Gasteiger partial charge in [-0.05, 0) is 39.0 Å². The molecule has 0 aliphatic rings. The second kappa shape index (κ2) is 12.8. The van der Waals surface area contributed by atoms with Crippen molar-refractivity contribution in [3.05, 3.63) is 36.3 Å². The van der Waals surface area contributed by atoms with Crippen molar-refractivity contribution >= 4 is 22.1 Å². The molecule has 0 aliphatic carbocycles. The van der Waals surface area contributed by atoms with Gasteiger partial charge in [0.2, 0.25) is 16.0 Å². The van der Waals surface area contributed by atoms with Crippen molar-refractivity contribution in [3.63, 3.8) is 0 Å². The summed E-state index contributed by atoms with van der Waals surface area (Å²) >= 11 is 0. The second-order valence-corrected chi connectivity index (χ2v) is 12.3. The Hall–Kier alpha value is -3.85. The van der Waals surface area contributed by atoms with Gasteiger partial charge in [-0.15, -0.1) is 0 Å². The fraction of sp³-hybridized carbons (Fsp3) is 0.462. The lowest BCUT2D eigenvalue weighted by Crippen LogP contribution is -2.37. The van der Waals surface area contributed by atoms with Gasteiger partial charge in [0.25, 0.3) is 0 Å². The summed E-state index contributed by atoms with van der Waals surface area (Å²) in [5.74, 6) is 0.458. The minimum absolute atomic E-state index is 0.220. The van der Waals surface area contributed by atoms with E-state index in [-0.39, 0.29) is 33.9 Å². The number of anilines is 1. The van der Waals surface area contributed by atoms with E-state index in [9.17, 15) is 22.0 Å². The smallest absolute Gasteiger partial charge is 0.407 e. The molecule has 224 valence electrons. The third-order valence-corrected chi connectivity index (χ3v) is 7.16. The number of halogens is 2. The SMILES string of the molecule is COC(=O)N[C@@H](C)CNc1nccc(-c2[nH]c(C(C)(C)C)nc2-c2cc(OC(F)F)cc(S(=O)(=O)NC(C)C)c2)n1. The number of rotatable bonds is 11. The number of imidazole rings is 1. The van der Waals surface area contributed by atoms with E-state index in [0.717, 1.165) is 6.07 Å². The number of aromatic nitrogens is 4. The summed E-state index contributed by atoms with van der Waals surface area (Å²) in [6.45, 7) is 7.97. The quantitative estimate of drug-likeness (QED) is 0.254. The van der Waals surface area contributed by atoms with Gasteiger partial charge in [0.1, 0.15) is 11.6 Å². The molecule has 2 aromatic heterocycles. The summed E-state index contributed by atoms with van der Waals surface area (Å²) in [6.07, 6.45) is 0.942. The number of carbonyl (C=O) groups is 1. The summed E-state index contributed by atoms with van der Waals surface area (Å²) in [7, 11) is -2.80. The highest BCUT2D eigenvalue weighted by molar-refractivity contribution is 7.89. The number of H-pyrrole nitrogens is 1. The lowest BCUT2D eigenvalue weighted by Gasteiger charge is -2.14. The number of alkyl carbamates (subject to hydrolysis) is 1. The molecule has 15 heteroatoms. The summed E-state index contributed by atoms with van der Waals surface area (Å²) in [5, 5.41) is 5.67. The maximum absolute atomic E-state index is 13.2. The molecule has 0 saturated carbocycles. The predicted molar refractivity (Wildman–Crippen MR) is 149 cm³/mol. The van der Waals surface area contributed by atoms with Crippen molar-refractivity contribution in [3.8, 4) is 28.4 Å². The molecule has 1 aromatic carbocycles. The van der Waals surface area contributed by atoms with Crippen LogP contribution < -0.4 is 20.1 Å².